The van der Waals surface area contributed by atoms with E-state index in [-0.39, 0.29) is 24.2 Å². The Balaban J connectivity index is 1.35. The second kappa shape index (κ2) is 11.9. The summed E-state index contributed by atoms with van der Waals surface area (Å²) in [5.41, 5.74) is 6.35. The molecule has 0 fully saturated rings. The Bertz CT molecular complexity index is 3070. The molecule has 0 saturated heterocycles. The maximum Gasteiger partial charge on any atom is 0.180 e. The van der Waals surface area contributed by atoms with Crippen LogP contribution >= 0.6 is 0 Å². The summed E-state index contributed by atoms with van der Waals surface area (Å²) in [5, 5.41) is 7.51. The summed E-state index contributed by atoms with van der Waals surface area (Å²) in [7, 11) is -3.67. The number of para-hydroxylation sites is 3. The molecule has 2 aromatic heterocycles. The van der Waals surface area contributed by atoms with E-state index in [4.69, 9.17) is 4.11 Å². The molecule has 0 N–H and O–H groups in total. The minimum atomic E-state index is -3.67. The number of benzene rings is 8. The highest BCUT2D eigenvalue weighted by molar-refractivity contribution is 7.20. The highest BCUT2D eigenvalue weighted by Crippen LogP contribution is 2.37. The number of hydrogen-bond donors (Lipinski definition) is 0. The third-order valence-corrected chi connectivity index (χ3v) is 14.9. The molecular formula is C48H34N2Si. The number of rotatable bonds is 6. The van der Waals surface area contributed by atoms with Crippen molar-refractivity contribution >= 4 is 72.4 Å². The first-order chi connectivity index (χ1) is 27.4. The first-order valence-electron chi connectivity index (χ1n) is 19.7. The normalized spacial score (nSPS) is 13.3. The van der Waals surface area contributed by atoms with Crippen LogP contribution in [0.15, 0.2) is 206 Å². The van der Waals surface area contributed by atoms with E-state index in [1.54, 1.807) is 0 Å². The molecule has 10 aromatic rings. The molecule has 0 amide bonds. The number of fused-ring (bicyclic) bond motifs is 6. The standard InChI is InChI=1S/C48H34N2Si/c1-5-18-35(19-6-1)49-43-28-15-13-26-40(43)42-34-36(32-33-45(42)49)50-44-29-16-14-27-41(44)48-46(50)30-17-31-47(48)51(37-20-7-2-8-21-37,38-22-9-3-10-23-38)39-24-11-4-12-25-39/h1-34H/i2D,7D,8D,20D,21D. The summed E-state index contributed by atoms with van der Waals surface area (Å²) in [6.45, 7) is 0. The summed E-state index contributed by atoms with van der Waals surface area (Å²) >= 11 is 0. The van der Waals surface area contributed by atoms with Crippen LogP contribution in [0.1, 0.15) is 6.85 Å². The average Bonchev–Trinajstić information content (AvgIpc) is 3.77. The summed E-state index contributed by atoms with van der Waals surface area (Å²) in [6, 6.07) is 59.1. The molecule has 10 rings (SSSR count). The summed E-state index contributed by atoms with van der Waals surface area (Å²) in [6.07, 6.45) is 0. The monoisotopic (exact) mass is 671 g/mol. The van der Waals surface area contributed by atoms with Crippen LogP contribution in [-0.2, 0) is 0 Å². The van der Waals surface area contributed by atoms with E-state index in [0.29, 0.717) is 5.19 Å². The predicted molar refractivity (Wildman–Crippen MR) is 219 cm³/mol. The molecule has 0 atom stereocenters. The van der Waals surface area contributed by atoms with Gasteiger partial charge in [-0.3, -0.25) is 0 Å². The van der Waals surface area contributed by atoms with Gasteiger partial charge in [-0.25, -0.2) is 0 Å². The van der Waals surface area contributed by atoms with E-state index in [1.165, 1.54) is 0 Å². The second-order valence-electron chi connectivity index (χ2n) is 12.9. The Morgan fingerprint density at radius 1 is 0.373 bits per heavy atom. The van der Waals surface area contributed by atoms with Gasteiger partial charge in [-0.2, -0.15) is 0 Å². The molecule has 0 aliphatic heterocycles. The van der Waals surface area contributed by atoms with Crippen LogP contribution in [0.4, 0.5) is 0 Å². The van der Waals surface area contributed by atoms with Crippen molar-refractivity contribution in [2.75, 3.05) is 0 Å². The van der Waals surface area contributed by atoms with E-state index in [2.05, 4.69) is 143 Å². The minimum Gasteiger partial charge on any atom is -0.309 e. The lowest BCUT2D eigenvalue weighted by Crippen LogP contribution is -2.74. The maximum atomic E-state index is 9.51. The number of aromatic nitrogens is 2. The van der Waals surface area contributed by atoms with Crippen molar-refractivity contribution in [3.63, 3.8) is 0 Å². The zero-order valence-corrected chi connectivity index (χ0v) is 28.6. The highest BCUT2D eigenvalue weighted by Gasteiger charge is 2.43. The fourth-order valence-corrected chi connectivity index (χ4v) is 13.0. The van der Waals surface area contributed by atoms with Crippen LogP contribution in [0, 0.1) is 0 Å². The van der Waals surface area contributed by atoms with E-state index in [9.17, 15) is 2.74 Å². The predicted octanol–water partition coefficient (Wildman–Crippen LogP) is 9.26. The SMILES string of the molecule is [2H]c1c([2H])c([2H])c([Si](c2ccccc2)(c2ccccc2)c2cccc3c2c2ccccc2n3-c2ccc3c(c2)c2ccccc2n3-c2ccccc2)c([2H])c1[2H]. The van der Waals surface area contributed by atoms with Crippen LogP contribution in [0.25, 0.3) is 55.0 Å². The Hall–Kier alpha value is -6.42. The quantitative estimate of drug-likeness (QED) is 0.123. The van der Waals surface area contributed by atoms with Gasteiger partial charge < -0.3 is 9.13 Å². The van der Waals surface area contributed by atoms with Gasteiger partial charge in [-0.15, -0.1) is 0 Å². The zero-order valence-electron chi connectivity index (χ0n) is 32.6. The smallest absolute Gasteiger partial charge is 0.180 e. The summed E-state index contributed by atoms with van der Waals surface area (Å²) in [5.74, 6) is 0. The molecule has 51 heavy (non-hydrogen) atoms. The van der Waals surface area contributed by atoms with Gasteiger partial charge >= 0.3 is 0 Å². The van der Waals surface area contributed by atoms with Crippen molar-refractivity contribution in [1.82, 2.24) is 9.13 Å². The lowest BCUT2D eigenvalue weighted by Gasteiger charge is -2.35. The van der Waals surface area contributed by atoms with E-state index < -0.39 is 14.1 Å². The number of hydrogen-bond acceptors (Lipinski definition) is 0. The molecule has 0 saturated carbocycles. The molecule has 2 heterocycles. The van der Waals surface area contributed by atoms with Crippen molar-refractivity contribution in [3.05, 3.63) is 206 Å². The van der Waals surface area contributed by atoms with Crippen molar-refractivity contribution in [1.29, 1.82) is 0 Å². The fourth-order valence-electron chi connectivity index (χ4n) is 8.28. The molecule has 0 spiro atoms. The van der Waals surface area contributed by atoms with E-state index >= 15 is 0 Å². The van der Waals surface area contributed by atoms with Crippen LogP contribution in [0.3, 0.4) is 0 Å². The van der Waals surface area contributed by atoms with Crippen LogP contribution in [0.5, 0.6) is 0 Å². The average molecular weight is 672 g/mol. The zero-order chi connectivity index (χ0) is 38.1. The van der Waals surface area contributed by atoms with Gasteiger partial charge in [0.05, 0.1) is 28.9 Å². The Kier molecular flexibility index (Phi) is 5.74. The third kappa shape index (κ3) is 4.42. The molecule has 0 unspecified atom stereocenters. The fraction of sp³-hybridized carbons (Fsp3) is 0. The Morgan fingerprint density at radius 3 is 1.59 bits per heavy atom. The Morgan fingerprint density at radius 2 is 0.902 bits per heavy atom. The molecule has 240 valence electrons. The topological polar surface area (TPSA) is 9.86 Å². The lowest BCUT2D eigenvalue weighted by molar-refractivity contribution is 1.17. The van der Waals surface area contributed by atoms with Crippen molar-refractivity contribution in [2.24, 2.45) is 0 Å². The van der Waals surface area contributed by atoms with Crippen LogP contribution in [-0.4, -0.2) is 17.2 Å². The first-order valence-corrected chi connectivity index (χ1v) is 19.2. The molecule has 0 aliphatic carbocycles. The Labute approximate surface area is 305 Å². The van der Waals surface area contributed by atoms with E-state index in [1.807, 2.05) is 42.5 Å². The summed E-state index contributed by atoms with van der Waals surface area (Å²) in [4.78, 5) is 0. The number of nitrogens with zero attached hydrogens (tertiary/aromatic N) is 2. The van der Waals surface area contributed by atoms with Gasteiger partial charge in [0.1, 0.15) is 0 Å². The highest BCUT2D eigenvalue weighted by atomic mass is 28.3. The third-order valence-electron chi connectivity index (χ3n) is 10.3. The second-order valence-corrected chi connectivity index (χ2v) is 16.6. The van der Waals surface area contributed by atoms with Gasteiger partial charge in [0, 0.05) is 32.9 Å². The van der Waals surface area contributed by atoms with Gasteiger partial charge in [0.2, 0.25) is 0 Å². The molecular weight excluding hydrogens is 633 g/mol. The molecule has 0 bridgehead atoms. The summed E-state index contributed by atoms with van der Waals surface area (Å²) < 4.78 is 50.0. The van der Waals surface area contributed by atoms with Crippen molar-refractivity contribution in [2.45, 2.75) is 0 Å². The van der Waals surface area contributed by atoms with Gasteiger partial charge in [-0.1, -0.05) is 158 Å². The maximum absolute atomic E-state index is 9.51. The van der Waals surface area contributed by atoms with Crippen LogP contribution < -0.4 is 20.7 Å². The van der Waals surface area contributed by atoms with Crippen molar-refractivity contribution in [3.8, 4) is 11.4 Å². The minimum absolute atomic E-state index is 0.170. The largest absolute Gasteiger partial charge is 0.309 e. The van der Waals surface area contributed by atoms with Gasteiger partial charge in [-0.05, 0) is 69.3 Å². The van der Waals surface area contributed by atoms with Crippen molar-refractivity contribution < 1.29 is 6.85 Å². The van der Waals surface area contributed by atoms with Gasteiger partial charge in [0.15, 0.2) is 8.07 Å². The lowest BCUT2D eigenvalue weighted by atomic mass is 10.1. The molecule has 8 aromatic carbocycles. The van der Waals surface area contributed by atoms with E-state index in [0.717, 1.165) is 70.5 Å². The molecule has 2 nitrogen and oxygen atoms in total. The molecule has 0 radical (unpaired) electrons. The first kappa shape index (κ1) is 24.7. The van der Waals surface area contributed by atoms with Crippen LogP contribution in [0.2, 0.25) is 0 Å². The molecule has 3 heteroatoms. The van der Waals surface area contributed by atoms with Gasteiger partial charge in [0.25, 0.3) is 0 Å². The molecule has 0 aliphatic rings.